The Bertz CT molecular complexity index is 251. The molecule has 1 heteroatoms. The van der Waals surface area contributed by atoms with Crippen molar-refractivity contribution in [3.8, 4) is 0 Å². The average molecular weight is 178 g/mol. The maximum Gasteiger partial charge on any atom is 0.0840 e. The van der Waals surface area contributed by atoms with Crippen molar-refractivity contribution in [3.05, 3.63) is 35.9 Å². The highest BCUT2D eigenvalue weighted by molar-refractivity contribution is 5.18. The van der Waals surface area contributed by atoms with Gasteiger partial charge in [-0.15, -0.1) is 0 Å². The zero-order valence-electron chi connectivity index (χ0n) is 8.62. The number of rotatable bonds is 3. The van der Waals surface area contributed by atoms with E-state index in [1.165, 1.54) is 0 Å². The summed E-state index contributed by atoms with van der Waals surface area (Å²) in [5, 5.41) is 10.0. The first-order valence-corrected chi connectivity index (χ1v) is 4.81. The summed E-state index contributed by atoms with van der Waals surface area (Å²) in [6.07, 6.45) is 0.613. The van der Waals surface area contributed by atoms with Gasteiger partial charge in [0.1, 0.15) is 0 Å². The lowest BCUT2D eigenvalue weighted by atomic mass is 9.80. The minimum Gasteiger partial charge on any atom is -0.388 e. The Kier molecular flexibility index (Phi) is 3.10. The lowest BCUT2D eigenvalue weighted by Crippen LogP contribution is -2.20. The SMILES string of the molecule is CCC(C)(C)C(O)c1ccccc1. The molecule has 1 aromatic carbocycles. The van der Waals surface area contributed by atoms with Crippen molar-refractivity contribution in [1.82, 2.24) is 0 Å². The fourth-order valence-electron chi connectivity index (χ4n) is 1.28. The average Bonchev–Trinajstić information content (AvgIpc) is 2.18. The second-order valence-electron chi connectivity index (χ2n) is 4.16. The second-order valence-corrected chi connectivity index (χ2v) is 4.16. The van der Waals surface area contributed by atoms with Crippen LogP contribution in [-0.4, -0.2) is 5.11 Å². The highest BCUT2D eigenvalue weighted by atomic mass is 16.3. The van der Waals surface area contributed by atoms with Gasteiger partial charge in [0.2, 0.25) is 0 Å². The summed E-state index contributed by atoms with van der Waals surface area (Å²) in [5.74, 6) is 0. The van der Waals surface area contributed by atoms with Crippen LogP contribution in [0.3, 0.4) is 0 Å². The molecular weight excluding hydrogens is 160 g/mol. The van der Waals surface area contributed by atoms with Gasteiger partial charge >= 0.3 is 0 Å². The summed E-state index contributed by atoms with van der Waals surface area (Å²) < 4.78 is 0. The van der Waals surface area contributed by atoms with Crippen molar-refractivity contribution in [1.29, 1.82) is 0 Å². The fourth-order valence-corrected chi connectivity index (χ4v) is 1.28. The van der Waals surface area contributed by atoms with Gasteiger partial charge in [-0.05, 0) is 17.4 Å². The van der Waals surface area contributed by atoms with Crippen molar-refractivity contribution in [2.24, 2.45) is 5.41 Å². The van der Waals surface area contributed by atoms with E-state index in [0.29, 0.717) is 0 Å². The van der Waals surface area contributed by atoms with Crippen LogP contribution < -0.4 is 0 Å². The van der Waals surface area contributed by atoms with Gasteiger partial charge < -0.3 is 5.11 Å². The molecule has 0 bridgehead atoms. The summed E-state index contributed by atoms with van der Waals surface area (Å²) >= 11 is 0. The lowest BCUT2D eigenvalue weighted by Gasteiger charge is -2.29. The quantitative estimate of drug-likeness (QED) is 0.753. The molecule has 1 unspecified atom stereocenters. The monoisotopic (exact) mass is 178 g/mol. The first-order valence-electron chi connectivity index (χ1n) is 4.81. The van der Waals surface area contributed by atoms with E-state index in [-0.39, 0.29) is 11.5 Å². The first kappa shape index (κ1) is 10.3. The Morgan fingerprint density at radius 2 is 1.77 bits per heavy atom. The summed E-state index contributed by atoms with van der Waals surface area (Å²) in [7, 11) is 0. The van der Waals surface area contributed by atoms with E-state index in [4.69, 9.17) is 0 Å². The third-order valence-corrected chi connectivity index (χ3v) is 2.77. The minimum absolute atomic E-state index is 0.0403. The molecule has 0 heterocycles. The van der Waals surface area contributed by atoms with E-state index >= 15 is 0 Å². The van der Waals surface area contributed by atoms with Gasteiger partial charge in [-0.3, -0.25) is 0 Å². The first-order chi connectivity index (χ1) is 6.08. The molecule has 1 aromatic rings. The summed E-state index contributed by atoms with van der Waals surface area (Å²) in [6.45, 7) is 6.28. The van der Waals surface area contributed by atoms with Gasteiger partial charge in [0.25, 0.3) is 0 Å². The third kappa shape index (κ3) is 2.31. The van der Waals surface area contributed by atoms with E-state index in [2.05, 4.69) is 20.8 Å². The van der Waals surface area contributed by atoms with E-state index < -0.39 is 0 Å². The van der Waals surface area contributed by atoms with Crippen LogP contribution in [0.1, 0.15) is 38.9 Å². The van der Waals surface area contributed by atoms with Crippen molar-refractivity contribution in [2.75, 3.05) is 0 Å². The van der Waals surface area contributed by atoms with Crippen molar-refractivity contribution in [3.63, 3.8) is 0 Å². The molecule has 0 saturated heterocycles. The van der Waals surface area contributed by atoms with Gasteiger partial charge in [0.15, 0.2) is 0 Å². The Labute approximate surface area is 80.4 Å². The maximum absolute atomic E-state index is 10.0. The third-order valence-electron chi connectivity index (χ3n) is 2.77. The number of aliphatic hydroxyl groups is 1. The smallest absolute Gasteiger partial charge is 0.0840 e. The van der Waals surface area contributed by atoms with Gasteiger partial charge in [-0.1, -0.05) is 51.1 Å². The fraction of sp³-hybridized carbons (Fsp3) is 0.500. The predicted octanol–water partition coefficient (Wildman–Crippen LogP) is 3.16. The molecule has 0 saturated carbocycles. The van der Waals surface area contributed by atoms with Crippen molar-refractivity contribution < 1.29 is 5.11 Å². The normalized spacial score (nSPS) is 14.2. The molecule has 1 nitrogen and oxygen atoms in total. The maximum atomic E-state index is 10.0. The van der Waals surface area contributed by atoms with Crippen LogP contribution in [0.25, 0.3) is 0 Å². The van der Waals surface area contributed by atoms with Crippen LogP contribution in [-0.2, 0) is 0 Å². The van der Waals surface area contributed by atoms with E-state index in [1.54, 1.807) is 0 Å². The van der Waals surface area contributed by atoms with Crippen LogP contribution >= 0.6 is 0 Å². The summed E-state index contributed by atoms with van der Waals surface area (Å²) in [6, 6.07) is 9.84. The van der Waals surface area contributed by atoms with Crippen LogP contribution in [0.15, 0.2) is 30.3 Å². The van der Waals surface area contributed by atoms with E-state index in [0.717, 1.165) is 12.0 Å². The summed E-state index contributed by atoms with van der Waals surface area (Å²) in [4.78, 5) is 0. The minimum atomic E-state index is -0.362. The topological polar surface area (TPSA) is 20.2 Å². The van der Waals surface area contributed by atoms with E-state index in [1.807, 2.05) is 30.3 Å². The summed E-state index contributed by atoms with van der Waals surface area (Å²) in [5.41, 5.74) is 0.968. The molecule has 0 aliphatic carbocycles. The number of aliphatic hydroxyl groups excluding tert-OH is 1. The molecule has 1 N–H and O–H groups in total. The van der Waals surface area contributed by atoms with Crippen LogP contribution in [0.2, 0.25) is 0 Å². The number of hydrogen-bond donors (Lipinski definition) is 1. The van der Waals surface area contributed by atoms with Crippen LogP contribution in [0.4, 0.5) is 0 Å². The Morgan fingerprint density at radius 3 is 2.23 bits per heavy atom. The zero-order valence-corrected chi connectivity index (χ0v) is 8.62. The molecule has 0 radical (unpaired) electrons. The second kappa shape index (κ2) is 3.93. The van der Waals surface area contributed by atoms with Crippen molar-refractivity contribution in [2.45, 2.75) is 33.3 Å². The molecule has 0 aliphatic heterocycles. The molecule has 0 aromatic heterocycles. The molecule has 0 spiro atoms. The Balaban J connectivity index is 2.85. The highest BCUT2D eigenvalue weighted by Crippen LogP contribution is 2.35. The molecule has 13 heavy (non-hydrogen) atoms. The standard InChI is InChI=1S/C12H18O/c1-4-12(2,3)11(13)10-8-6-5-7-9-10/h5-9,11,13H,4H2,1-3H3. The molecule has 72 valence electrons. The van der Waals surface area contributed by atoms with E-state index in [9.17, 15) is 5.11 Å². The van der Waals surface area contributed by atoms with Crippen molar-refractivity contribution >= 4 is 0 Å². The number of benzene rings is 1. The van der Waals surface area contributed by atoms with Gasteiger partial charge in [0.05, 0.1) is 6.10 Å². The van der Waals surface area contributed by atoms with Crippen LogP contribution in [0, 0.1) is 5.41 Å². The van der Waals surface area contributed by atoms with Crippen LogP contribution in [0.5, 0.6) is 0 Å². The van der Waals surface area contributed by atoms with Gasteiger partial charge in [0, 0.05) is 0 Å². The molecule has 0 amide bonds. The molecule has 1 rings (SSSR count). The highest BCUT2D eigenvalue weighted by Gasteiger charge is 2.26. The molecule has 1 atom stereocenters. The van der Waals surface area contributed by atoms with Gasteiger partial charge in [-0.25, -0.2) is 0 Å². The van der Waals surface area contributed by atoms with Gasteiger partial charge in [-0.2, -0.15) is 0 Å². The molecular formula is C12H18O. The largest absolute Gasteiger partial charge is 0.388 e. The number of hydrogen-bond acceptors (Lipinski definition) is 1. The molecule has 0 aliphatic rings. The predicted molar refractivity (Wildman–Crippen MR) is 55.5 cm³/mol. The Hall–Kier alpha value is -0.820. The zero-order chi connectivity index (χ0) is 9.90. The lowest BCUT2D eigenvalue weighted by molar-refractivity contribution is 0.0466. The Morgan fingerprint density at radius 1 is 1.23 bits per heavy atom. The molecule has 0 fully saturated rings.